The Morgan fingerprint density at radius 2 is 1.44 bits per heavy atom. The molecule has 1 aromatic rings. The molecule has 52 heavy (non-hydrogen) atoms. The number of hydrogen-bond acceptors (Lipinski definition) is 17. The van der Waals surface area contributed by atoms with Crippen LogP contribution in [-0.4, -0.2) is 106 Å². The van der Waals surface area contributed by atoms with Gasteiger partial charge in [0.2, 0.25) is 12.6 Å². The van der Waals surface area contributed by atoms with Crippen molar-refractivity contribution in [1.29, 1.82) is 0 Å². The second-order valence-corrected chi connectivity index (χ2v) is 12.0. The molecular weight excluding hydrogens is 692 g/mol. The summed E-state index contributed by atoms with van der Waals surface area (Å²) in [6, 6.07) is 6.31. The van der Waals surface area contributed by atoms with Crippen LogP contribution in [0.4, 0.5) is 0 Å². The van der Waals surface area contributed by atoms with Gasteiger partial charge in [0.05, 0.1) is 31.0 Å². The van der Waals surface area contributed by atoms with Crippen molar-refractivity contribution in [2.24, 2.45) is 11.8 Å². The number of benzene rings is 1. The Kier molecular flexibility index (Phi) is 13.9. The summed E-state index contributed by atoms with van der Waals surface area (Å²) in [6.07, 6.45) is -5.82. The molecule has 2 saturated heterocycles. The molecule has 10 atom stereocenters. The van der Waals surface area contributed by atoms with Gasteiger partial charge in [0.15, 0.2) is 24.6 Å². The molecule has 0 radical (unpaired) electrons. The standard InChI is InChI=1S/C35H42O17/c1-17-29-24(14-28(42-6)46-17)25(33(41)43-7)15-45-34(29)52-35-32(50-21(5)39)31(49-20(4)38)30(48-19(3)37)26(51-35)16-44-27(40)13-10-22-8-11-23(12-9-22)47-18(2)36/h8-13,15,17,24,26,28-32,34-35H,14,16H2,1-7H3/b13-10-/t17-,24+,26+,28+,29+,30+,31-,32+,34-,35-/m0/s1. The summed E-state index contributed by atoms with van der Waals surface area (Å²) in [6.45, 7) is 5.76. The number of carbonyl (C=O) groups excluding carboxylic acids is 6. The predicted octanol–water partition coefficient (Wildman–Crippen LogP) is 2.13. The third-order valence-corrected chi connectivity index (χ3v) is 8.26. The number of methoxy groups -OCH3 is 2. The van der Waals surface area contributed by atoms with E-state index in [0.717, 1.165) is 26.8 Å². The molecule has 0 bridgehead atoms. The van der Waals surface area contributed by atoms with Crippen LogP contribution in [0.2, 0.25) is 0 Å². The minimum Gasteiger partial charge on any atom is -0.471 e. The fourth-order valence-electron chi connectivity index (χ4n) is 6.15. The SMILES string of the molecule is COC(=O)C1=CO[C@@H](O[C@@H]2O[C@H](COC(=O)/C=C\c3ccc(OC(C)=O)cc3)[C@@H](OC(C)=O)[C@H](OC(C)=O)[C@H]2OC(C)=O)[C@@H]2[C@H](C)O[C@@H](OC)C[C@H]12. The number of rotatable bonds is 12. The zero-order valence-corrected chi connectivity index (χ0v) is 29.7. The van der Waals surface area contributed by atoms with Crippen molar-refractivity contribution in [1.82, 2.24) is 0 Å². The van der Waals surface area contributed by atoms with E-state index in [9.17, 15) is 28.8 Å². The van der Waals surface area contributed by atoms with Gasteiger partial charge in [-0.1, -0.05) is 12.1 Å². The van der Waals surface area contributed by atoms with Gasteiger partial charge in [0.1, 0.15) is 18.5 Å². The number of hydrogen-bond donors (Lipinski definition) is 0. The first kappa shape index (κ1) is 39.9. The van der Waals surface area contributed by atoms with Crippen molar-refractivity contribution in [2.45, 2.75) is 90.4 Å². The van der Waals surface area contributed by atoms with E-state index in [0.29, 0.717) is 11.3 Å². The first-order valence-corrected chi connectivity index (χ1v) is 16.3. The van der Waals surface area contributed by atoms with E-state index >= 15 is 0 Å². The summed E-state index contributed by atoms with van der Waals surface area (Å²) in [5, 5.41) is 0. The van der Waals surface area contributed by atoms with Crippen LogP contribution in [0.3, 0.4) is 0 Å². The zero-order chi connectivity index (χ0) is 38.1. The van der Waals surface area contributed by atoms with Gasteiger partial charge in [-0.15, -0.1) is 0 Å². The summed E-state index contributed by atoms with van der Waals surface area (Å²) in [7, 11) is 2.70. The average molecular weight is 735 g/mol. The third-order valence-electron chi connectivity index (χ3n) is 8.26. The highest BCUT2D eigenvalue weighted by Crippen LogP contribution is 2.43. The smallest absolute Gasteiger partial charge is 0.337 e. The molecule has 284 valence electrons. The van der Waals surface area contributed by atoms with Gasteiger partial charge in [-0.05, 0) is 30.7 Å². The molecule has 0 N–H and O–H groups in total. The Bertz CT molecular complexity index is 1530. The topological polar surface area (TPSA) is 204 Å². The minimum atomic E-state index is -1.57. The van der Waals surface area contributed by atoms with Crippen molar-refractivity contribution in [3.8, 4) is 5.75 Å². The van der Waals surface area contributed by atoms with Gasteiger partial charge in [0.25, 0.3) is 0 Å². The molecule has 3 heterocycles. The van der Waals surface area contributed by atoms with Gasteiger partial charge in [-0.25, -0.2) is 9.59 Å². The summed E-state index contributed by atoms with van der Waals surface area (Å²) in [5.41, 5.74) is 0.802. The fourth-order valence-corrected chi connectivity index (χ4v) is 6.15. The van der Waals surface area contributed by atoms with Crippen LogP contribution in [0, 0.1) is 11.8 Å². The highest BCUT2D eigenvalue weighted by atomic mass is 16.8. The lowest BCUT2D eigenvalue weighted by Gasteiger charge is -2.48. The van der Waals surface area contributed by atoms with E-state index in [1.165, 1.54) is 33.5 Å². The number of esters is 6. The molecule has 17 heteroatoms. The summed E-state index contributed by atoms with van der Waals surface area (Å²) < 4.78 is 61.7. The predicted molar refractivity (Wildman–Crippen MR) is 172 cm³/mol. The van der Waals surface area contributed by atoms with E-state index in [1.54, 1.807) is 31.2 Å². The molecule has 0 spiro atoms. The maximum Gasteiger partial charge on any atom is 0.337 e. The van der Waals surface area contributed by atoms with Crippen molar-refractivity contribution in [3.05, 3.63) is 47.7 Å². The molecule has 4 rings (SSSR count). The second-order valence-electron chi connectivity index (χ2n) is 12.0. The Morgan fingerprint density at radius 3 is 2.04 bits per heavy atom. The van der Waals surface area contributed by atoms with Gasteiger partial charge in [-0.2, -0.15) is 0 Å². The molecule has 0 aromatic heterocycles. The lowest BCUT2D eigenvalue weighted by molar-refractivity contribution is -0.354. The molecule has 17 nitrogen and oxygen atoms in total. The van der Waals surface area contributed by atoms with Crippen LogP contribution in [0.25, 0.3) is 6.08 Å². The molecule has 3 aliphatic rings. The van der Waals surface area contributed by atoms with Crippen LogP contribution in [0.5, 0.6) is 5.75 Å². The monoisotopic (exact) mass is 734 g/mol. The number of ether oxygens (including phenoxy) is 11. The Morgan fingerprint density at radius 1 is 0.808 bits per heavy atom. The normalized spacial score (nSPS) is 29.7. The molecule has 1 aromatic carbocycles. The lowest BCUT2D eigenvalue weighted by atomic mass is 9.77. The lowest BCUT2D eigenvalue weighted by Crippen LogP contribution is -2.64. The van der Waals surface area contributed by atoms with E-state index in [1.807, 2.05) is 0 Å². The first-order chi connectivity index (χ1) is 24.7. The van der Waals surface area contributed by atoms with Crippen molar-refractivity contribution < 1.29 is 80.9 Å². The highest BCUT2D eigenvalue weighted by molar-refractivity contribution is 5.89. The maximum atomic E-state index is 12.8. The quantitative estimate of drug-likeness (QED) is 0.131. The molecule has 0 saturated carbocycles. The van der Waals surface area contributed by atoms with Crippen LogP contribution < -0.4 is 4.74 Å². The molecule has 0 aliphatic carbocycles. The first-order valence-electron chi connectivity index (χ1n) is 16.3. The van der Waals surface area contributed by atoms with Gasteiger partial charge >= 0.3 is 35.8 Å². The van der Waals surface area contributed by atoms with Gasteiger partial charge in [0, 0.05) is 53.2 Å². The van der Waals surface area contributed by atoms with Crippen molar-refractivity contribution in [2.75, 3.05) is 20.8 Å². The van der Waals surface area contributed by atoms with Gasteiger partial charge < -0.3 is 52.1 Å². The Hall–Kier alpha value is -4.84. The van der Waals surface area contributed by atoms with Crippen molar-refractivity contribution in [3.63, 3.8) is 0 Å². The zero-order valence-electron chi connectivity index (χ0n) is 29.7. The highest BCUT2D eigenvalue weighted by Gasteiger charge is 2.56. The number of fused-ring (bicyclic) bond motifs is 1. The van der Waals surface area contributed by atoms with Crippen molar-refractivity contribution >= 4 is 41.9 Å². The van der Waals surface area contributed by atoms with Crippen LogP contribution in [0.15, 0.2) is 42.2 Å². The molecule has 0 unspecified atom stereocenters. The Balaban J connectivity index is 1.61. The molecule has 2 fully saturated rings. The molecular formula is C35H42O17. The fraction of sp³-hybridized carbons (Fsp3) is 0.543. The minimum absolute atomic E-state index is 0.219. The molecule has 3 aliphatic heterocycles. The van der Waals surface area contributed by atoms with Gasteiger partial charge in [-0.3, -0.25) is 19.2 Å². The summed E-state index contributed by atoms with van der Waals surface area (Å²) in [4.78, 5) is 73.6. The summed E-state index contributed by atoms with van der Waals surface area (Å²) >= 11 is 0. The van der Waals surface area contributed by atoms with Crippen LogP contribution in [-0.2, 0) is 76.1 Å². The largest absolute Gasteiger partial charge is 0.471 e. The van der Waals surface area contributed by atoms with E-state index in [2.05, 4.69) is 0 Å². The summed E-state index contributed by atoms with van der Waals surface area (Å²) in [5.74, 6) is -5.24. The maximum absolute atomic E-state index is 12.8. The average Bonchev–Trinajstić information content (AvgIpc) is 3.08. The number of carbonyl (C=O) groups is 6. The van der Waals surface area contributed by atoms with E-state index in [4.69, 9.17) is 52.1 Å². The second kappa shape index (κ2) is 18.1. The third kappa shape index (κ3) is 10.4. The Labute approximate surface area is 299 Å². The van der Waals surface area contributed by atoms with Crippen LogP contribution in [0.1, 0.15) is 46.6 Å². The van der Waals surface area contributed by atoms with E-state index in [-0.39, 0.29) is 12.0 Å². The van der Waals surface area contributed by atoms with Crippen LogP contribution >= 0.6 is 0 Å². The molecule has 0 amide bonds. The van der Waals surface area contributed by atoms with E-state index < -0.39 is 104 Å².